The molecule has 20 heavy (non-hydrogen) atoms. The van der Waals surface area contributed by atoms with Crippen LogP contribution in [0, 0.1) is 5.92 Å². The minimum Gasteiger partial charge on any atom is -0.492 e. The van der Waals surface area contributed by atoms with Gasteiger partial charge in [-0.05, 0) is 40.0 Å². The van der Waals surface area contributed by atoms with Crippen molar-refractivity contribution >= 4 is 21.6 Å². The molecule has 2 atom stereocenters. The molecule has 2 aliphatic heterocycles. The van der Waals surface area contributed by atoms with Crippen LogP contribution in [0.5, 0.6) is 5.75 Å². The summed E-state index contributed by atoms with van der Waals surface area (Å²) in [4.78, 5) is 0. The Morgan fingerprint density at radius 3 is 3.15 bits per heavy atom. The van der Waals surface area contributed by atoms with Gasteiger partial charge in [-0.3, -0.25) is 0 Å². The van der Waals surface area contributed by atoms with Crippen molar-refractivity contribution < 1.29 is 4.74 Å². The summed E-state index contributed by atoms with van der Waals surface area (Å²) in [7, 11) is 0. The standard InChI is InChI=1S/C15H20BrN3O/c1-2-7-20-14-4-3-10(8-12(14)16)15-11-9-17-6-5-13(11)18-19-15/h3-4,8,11,15,17,19H,2,5-7,9H2,1H3. The number of benzene rings is 1. The van der Waals surface area contributed by atoms with Crippen LogP contribution >= 0.6 is 15.9 Å². The second-order valence-corrected chi connectivity index (χ2v) is 6.16. The zero-order valence-corrected chi connectivity index (χ0v) is 13.2. The lowest BCUT2D eigenvalue weighted by molar-refractivity contribution is 0.315. The summed E-state index contributed by atoms with van der Waals surface area (Å²) in [6.45, 7) is 4.90. The molecule has 2 N–H and O–H groups in total. The molecule has 0 bridgehead atoms. The van der Waals surface area contributed by atoms with Gasteiger partial charge in [0.05, 0.1) is 17.1 Å². The summed E-state index contributed by atoms with van der Waals surface area (Å²) in [6.07, 6.45) is 2.07. The Morgan fingerprint density at radius 1 is 1.45 bits per heavy atom. The van der Waals surface area contributed by atoms with Crippen molar-refractivity contribution in [3.63, 3.8) is 0 Å². The molecule has 108 valence electrons. The number of piperidine rings is 1. The Balaban J connectivity index is 1.76. The van der Waals surface area contributed by atoms with Gasteiger partial charge in [0, 0.05) is 31.1 Å². The monoisotopic (exact) mass is 337 g/mol. The molecule has 1 aromatic rings. The molecule has 0 spiro atoms. The number of hydrazone groups is 1. The number of hydrogen-bond acceptors (Lipinski definition) is 4. The van der Waals surface area contributed by atoms with Gasteiger partial charge in [0.15, 0.2) is 0 Å². The van der Waals surface area contributed by atoms with Crippen LogP contribution in [0.3, 0.4) is 0 Å². The predicted octanol–water partition coefficient (Wildman–Crippen LogP) is 2.85. The lowest BCUT2D eigenvalue weighted by Crippen LogP contribution is -2.38. The van der Waals surface area contributed by atoms with E-state index in [0.29, 0.717) is 5.92 Å². The third-order valence-electron chi connectivity index (χ3n) is 3.88. The fourth-order valence-electron chi connectivity index (χ4n) is 2.82. The molecule has 0 aromatic heterocycles. The highest BCUT2D eigenvalue weighted by molar-refractivity contribution is 9.10. The summed E-state index contributed by atoms with van der Waals surface area (Å²) in [6, 6.07) is 6.61. The fourth-order valence-corrected chi connectivity index (χ4v) is 3.33. The first kappa shape index (κ1) is 13.9. The zero-order valence-electron chi connectivity index (χ0n) is 11.7. The van der Waals surface area contributed by atoms with Gasteiger partial charge in [0.25, 0.3) is 0 Å². The van der Waals surface area contributed by atoms with E-state index in [1.807, 2.05) is 6.07 Å². The van der Waals surface area contributed by atoms with Crippen LogP contribution in [0.2, 0.25) is 0 Å². The highest BCUT2D eigenvalue weighted by Crippen LogP contribution is 2.34. The van der Waals surface area contributed by atoms with E-state index in [1.165, 1.54) is 11.3 Å². The third-order valence-corrected chi connectivity index (χ3v) is 4.50. The molecule has 1 aromatic carbocycles. The highest BCUT2D eigenvalue weighted by Gasteiger charge is 2.34. The summed E-state index contributed by atoms with van der Waals surface area (Å²) < 4.78 is 6.72. The van der Waals surface area contributed by atoms with Gasteiger partial charge >= 0.3 is 0 Å². The number of nitrogens with one attached hydrogen (secondary N) is 2. The molecule has 4 nitrogen and oxygen atoms in total. The number of halogens is 1. The van der Waals surface area contributed by atoms with Gasteiger partial charge in [0.2, 0.25) is 0 Å². The normalized spacial score (nSPS) is 24.8. The Labute approximate surface area is 128 Å². The van der Waals surface area contributed by atoms with Gasteiger partial charge in [-0.1, -0.05) is 13.0 Å². The summed E-state index contributed by atoms with van der Waals surface area (Å²) in [5.74, 6) is 1.38. The van der Waals surface area contributed by atoms with Gasteiger partial charge in [-0.15, -0.1) is 0 Å². The third kappa shape index (κ3) is 2.69. The number of nitrogens with zero attached hydrogens (tertiary/aromatic N) is 1. The Hall–Kier alpha value is -1.07. The number of hydrogen-bond donors (Lipinski definition) is 2. The van der Waals surface area contributed by atoms with Crippen molar-refractivity contribution in [1.82, 2.24) is 10.7 Å². The molecule has 0 radical (unpaired) electrons. The maximum absolute atomic E-state index is 5.70. The van der Waals surface area contributed by atoms with Crippen LogP contribution in [-0.2, 0) is 0 Å². The molecule has 0 saturated carbocycles. The first-order valence-corrected chi connectivity index (χ1v) is 8.04. The van der Waals surface area contributed by atoms with Crippen molar-refractivity contribution in [2.24, 2.45) is 11.0 Å². The Kier molecular flexibility index (Phi) is 4.27. The number of rotatable bonds is 4. The van der Waals surface area contributed by atoms with Crippen molar-refractivity contribution in [3.8, 4) is 5.75 Å². The van der Waals surface area contributed by atoms with E-state index >= 15 is 0 Å². The molecule has 2 aliphatic rings. The van der Waals surface area contributed by atoms with E-state index in [-0.39, 0.29) is 6.04 Å². The van der Waals surface area contributed by atoms with E-state index < -0.39 is 0 Å². The van der Waals surface area contributed by atoms with Crippen LogP contribution in [0.25, 0.3) is 0 Å². The quantitative estimate of drug-likeness (QED) is 0.887. The molecule has 1 saturated heterocycles. The zero-order chi connectivity index (χ0) is 13.9. The topological polar surface area (TPSA) is 45.6 Å². The fraction of sp³-hybridized carbons (Fsp3) is 0.533. The number of ether oxygens (including phenoxy) is 1. The van der Waals surface area contributed by atoms with Gasteiger partial charge in [-0.25, -0.2) is 0 Å². The van der Waals surface area contributed by atoms with Crippen molar-refractivity contribution in [3.05, 3.63) is 28.2 Å². The van der Waals surface area contributed by atoms with E-state index in [2.05, 4.69) is 50.8 Å². The SMILES string of the molecule is CCCOc1ccc(C2NN=C3CCNCC32)cc1Br. The molecule has 5 heteroatoms. The van der Waals surface area contributed by atoms with Crippen molar-refractivity contribution in [2.75, 3.05) is 19.7 Å². The maximum atomic E-state index is 5.70. The van der Waals surface area contributed by atoms with Gasteiger partial charge in [0.1, 0.15) is 5.75 Å². The minimum atomic E-state index is 0.273. The van der Waals surface area contributed by atoms with Gasteiger partial charge < -0.3 is 15.5 Å². The maximum Gasteiger partial charge on any atom is 0.133 e. The summed E-state index contributed by atoms with van der Waals surface area (Å²) in [5.41, 5.74) is 5.85. The second-order valence-electron chi connectivity index (χ2n) is 5.31. The van der Waals surface area contributed by atoms with Crippen LogP contribution in [0.15, 0.2) is 27.8 Å². The van der Waals surface area contributed by atoms with Crippen LogP contribution in [0.4, 0.5) is 0 Å². The second kappa shape index (κ2) is 6.14. The largest absolute Gasteiger partial charge is 0.492 e. The molecule has 2 heterocycles. The smallest absolute Gasteiger partial charge is 0.133 e. The van der Waals surface area contributed by atoms with Crippen LogP contribution in [-0.4, -0.2) is 25.4 Å². The lowest BCUT2D eigenvalue weighted by Gasteiger charge is -2.25. The Morgan fingerprint density at radius 2 is 2.35 bits per heavy atom. The van der Waals surface area contributed by atoms with E-state index in [0.717, 1.165) is 42.8 Å². The Bertz CT molecular complexity index is 518. The minimum absolute atomic E-state index is 0.273. The molecule has 3 rings (SSSR count). The van der Waals surface area contributed by atoms with E-state index in [9.17, 15) is 0 Å². The van der Waals surface area contributed by atoms with Gasteiger partial charge in [-0.2, -0.15) is 5.10 Å². The molecule has 2 unspecified atom stereocenters. The molecule has 0 amide bonds. The number of fused-ring (bicyclic) bond motifs is 1. The summed E-state index contributed by atoms with van der Waals surface area (Å²) in [5, 5.41) is 7.95. The van der Waals surface area contributed by atoms with E-state index in [1.54, 1.807) is 0 Å². The first-order valence-electron chi connectivity index (χ1n) is 7.24. The van der Waals surface area contributed by atoms with Crippen molar-refractivity contribution in [2.45, 2.75) is 25.8 Å². The summed E-state index contributed by atoms with van der Waals surface area (Å²) >= 11 is 3.61. The van der Waals surface area contributed by atoms with Crippen LogP contribution < -0.4 is 15.5 Å². The molecule has 0 aliphatic carbocycles. The molecule has 1 fully saturated rings. The lowest BCUT2D eigenvalue weighted by atomic mass is 9.87. The van der Waals surface area contributed by atoms with Crippen LogP contribution in [0.1, 0.15) is 31.4 Å². The molecular formula is C15H20BrN3O. The predicted molar refractivity (Wildman–Crippen MR) is 84.2 cm³/mol. The highest BCUT2D eigenvalue weighted by atomic mass is 79.9. The molecular weight excluding hydrogens is 318 g/mol. The van der Waals surface area contributed by atoms with E-state index in [4.69, 9.17) is 4.74 Å². The first-order chi connectivity index (χ1) is 9.79. The average molecular weight is 338 g/mol. The average Bonchev–Trinajstić information content (AvgIpc) is 2.90. The van der Waals surface area contributed by atoms with Crippen molar-refractivity contribution in [1.29, 1.82) is 0 Å².